The van der Waals surface area contributed by atoms with Crippen molar-refractivity contribution in [1.82, 2.24) is 40.8 Å². The van der Waals surface area contributed by atoms with Crippen molar-refractivity contribution in [3.63, 3.8) is 0 Å². The maximum absolute atomic E-state index is 13.9. The molecule has 0 spiro atoms. The molecule has 2 aliphatic heterocycles. The zero-order valence-corrected chi connectivity index (χ0v) is 26.0. The molecule has 4 heterocycles. The Morgan fingerprint density at radius 3 is 2.56 bits per heavy atom. The van der Waals surface area contributed by atoms with E-state index in [0.29, 0.717) is 18.5 Å². The van der Waals surface area contributed by atoms with E-state index in [2.05, 4.69) is 31.2 Å². The lowest BCUT2D eigenvalue weighted by molar-refractivity contribution is -0.140. The molecule has 3 N–H and O–H groups in total. The maximum Gasteiger partial charge on any atom is 0.243 e. The lowest BCUT2D eigenvalue weighted by Gasteiger charge is -2.29. The highest BCUT2D eigenvalue weighted by atomic mass is 32.1. The van der Waals surface area contributed by atoms with Crippen molar-refractivity contribution in [1.29, 1.82) is 0 Å². The predicted octanol–water partition coefficient (Wildman–Crippen LogP) is 2.16. The maximum atomic E-state index is 13.9. The molecule has 234 valence electrons. The van der Waals surface area contributed by atoms with Crippen molar-refractivity contribution in [2.75, 3.05) is 6.54 Å². The van der Waals surface area contributed by atoms with Gasteiger partial charge in [0.15, 0.2) is 0 Å². The number of carbonyl (C=O) groups is 4. The van der Waals surface area contributed by atoms with Crippen LogP contribution in [0.4, 0.5) is 0 Å². The number of thiazole rings is 1. The van der Waals surface area contributed by atoms with Gasteiger partial charge in [-0.3, -0.25) is 19.2 Å². The summed E-state index contributed by atoms with van der Waals surface area (Å²) in [5.41, 5.74) is 2.31. The third kappa shape index (κ3) is 6.88. The van der Waals surface area contributed by atoms with Gasteiger partial charge in [-0.15, -0.1) is 16.4 Å². The largest absolute Gasteiger partial charge is 0.349 e. The third-order valence-corrected chi connectivity index (χ3v) is 9.43. The second-order valence-electron chi connectivity index (χ2n) is 11.9. The molecule has 0 unspecified atom stereocenters. The number of amides is 4. The summed E-state index contributed by atoms with van der Waals surface area (Å²) in [7, 11) is 0. The fourth-order valence-corrected chi connectivity index (χ4v) is 6.86. The van der Waals surface area contributed by atoms with Crippen LogP contribution in [0.5, 0.6) is 0 Å². The minimum atomic E-state index is -0.912. The second kappa shape index (κ2) is 13.1. The standard InChI is InChI=1S/C32H36N8O4S/c1-19(2)29-32(44)35-24(14-20-8-4-3-5-9-20)30(42)33-16-21-17-40(38-37-21)22-15-25(31(43)36-29)39(18-22)28(41)13-12-27-34-23-10-6-7-11-26(23)45-27/h3-11,17,19,22,24-25,29H,12-16,18H2,1-2H3,(H,33,42)(H,35,44)(H,36,43)/t22-,24+,25-,29-/m0/s1. The summed E-state index contributed by atoms with van der Waals surface area (Å²) in [5.74, 6) is -1.69. The number of hydrogen-bond acceptors (Lipinski definition) is 8. The fourth-order valence-electron chi connectivity index (χ4n) is 5.89. The minimum Gasteiger partial charge on any atom is -0.349 e. The van der Waals surface area contributed by atoms with E-state index in [9.17, 15) is 19.2 Å². The van der Waals surface area contributed by atoms with E-state index in [0.717, 1.165) is 20.8 Å². The molecule has 45 heavy (non-hydrogen) atoms. The minimum absolute atomic E-state index is 0.117. The van der Waals surface area contributed by atoms with E-state index in [1.165, 1.54) is 0 Å². The van der Waals surface area contributed by atoms with Crippen molar-refractivity contribution in [2.45, 2.75) is 70.2 Å². The molecule has 0 aliphatic carbocycles. The van der Waals surface area contributed by atoms with Crippen LogP contribution in [-0.2, 0) is 38.6 Å². The fraction of sp³-hybridized carbons (Fsp3) is 0.406. The molecule has 4 aromatic rings. The van der Waals surface area contributed by atoms with Gasteiger partial charge in [-0.25, -0.2) is 9.67 Å². The number of benzene rings is 2. The summed E-state index contributed by atoms with van der Waals surface area (Å²) in [6.45, 7) is 4.05. The Morgan fingerprint density at radius 2 is 1.78 bits per heavy atom. The zero-order chi connectivity index (χ0) is 31.5. The number of aromatic nitrogens is 4. The van der Waals surface area contributed by atoms with Crippen LogP contribution in [0.2, 0.25) is 0 Å². The Balaban J connectivity index is 1.24. The normalized spacial score (nSPS) is 22.5. The number of aryl methyl sites for hydroxylation is 1. The van der Waals surface area contributed by atoms with E-state index in [1.807, 2.05) is 68.4 Å². The molecule has 12 nitrogen and oxygen atoms in total. The Bertz CT molecular complexity index is 1670. The molecule has 4 bridgehead atoms. The molecular weight excluding hydrogens is 592 g/mol. The van der Waals surface area contributed by atoms with Gasteiger partial charge in [0.2, 0.25) is 23.6 Å². The van der Waals surface area contributed by atoms with Gasteiger partial charge in [-0.2, -0.15) is 0 Å². The molecule has 0 radical (unpaired) electrons. The first kappa shape index (κ1) is 30.4. The lowest BCUT2D eigenvalue weighted by atomic mass is 10.00. The van der Waals surface area contributed by atoms with E-state index < -0.39 is 29.9 Å². The van der Waals surface area contributed by atoms with E-state index >= 15 is 0 Å². The Labute approximate surface area is 264 Å². The van der Waals surface area contributed by atoms with Gasteiger partial charge in [0.1, 0.15) is 23.8 Å². The van der Waals surface area contributed by atoms with E-state index in [-0.39, 0.29) is 49.7 Å². The number of likely N-dealkylation sites (tertiary alicyclic amines) is 1. The van der Waals surface area contributed by atoms with Gasteiger partial charge in [0.25, 0.3) is 0 Å². The number of nitrogens with zero attached hydrogens (tertiary/aromatic N) is 5. The van der Waals surface area contributed by atoms with Crippen molar-refractivity contribution in [3.8, 4) is 0 Å². The summed E-state index contributed by atoms with van der Waals surface area (Å²) in [6, 6.07) is 14.4. The monoisotopic (exact) mass is 628 g/mol. The van der Waals surface area contributed by atoms with Crippen molar-refractivity contribution in [3.05, 3.63) is 77.1 Å². The molecule has 2 aliphatic rings. The van der Waals surface area contributed by atoms with Crippen LogP contribution in [-0.4, -0.2) is 73.2 Å². The quantitative estimate of drug-likeness (QED) is 0.296. The molecule has 6 rings (SSSR count). The molecule has 4 atom stereocenters. The first-order valence-corrected chi connectivity index (χ1v) is 16.0. The van der Waals surface area contributed by atoms with Crippen molar-refractivity contribution < 1.29 is 19.2 Å². The average Bonchev–Trinajstić information content (AvgIpc) is 3.79. The highest BCUT2D eigenvalue weighted by Crippen LogP contribution is 2.29. The van der Waals surface area contributed by atoms with Crippen molar-refractivity contribution >= 4 is 45.2 Å². The SMILES string of the molecule is CC(C)[C@@H]1NC(=O)[C@@H]2C[C@@H](CN2C(=O)CCc2nc3ccccc3s2)n2cc(nn2)CNC(=O)[C@@H](Cc2ccccc2)NC1=O. The number of rotatable bonds is 6. The van der Waals surface area contributed by atoms with Gasteiger partial charge >= 0.3 is 0 Å². The molecule has 2 aromatic heterocycles. The van der Waals surface area contributed by atoms with Crippen LogP contribution in [0.1, 0.15) is 49.0 Å². The third-order valence-electron chi connectivity index (χ3n) is 8.33. The van der Waals surface area contributed by atoms with Gasteiger partial charge in [0, 0.05) is 32.2 Å². The molecule has 0 saturated carbocycles. The van der Waals surface area contributed by atoms with Crippen LogP contribution in [0.15, 0.2) is 60.8 Å². The Hall–Kier alpha value is -4.65. The topological polar surface area (TPSA) is 151 Å². The van der Waals surface area contributed by atoms with Crippen LogP contribution >= 0.6 is 11.3 Å². The van der Waals surface area contributed by atoms with Gasteiger partial charge in [-0.05, 0) is 23.6 Å². The van der Waals surface area contributed by atoms with Gasteiger partial charge < -0.3 is 20.9 Å². The first-order chi connectivity index (χ1) is 21.7. The highest BCUT2D eigenvalue weighted by Gasteiger charge is 2.42. The van der Waals surface area contributed by atoms with E-state index in [4.69, 9.17) is 0 Å². The number of carbonyl (C=O) groups excluding carboxylic acids is 4. The van der Waals surface area contributed by atoms with Crippen LogP contribution in [0.3, 0.4) is 0 Å². The average molecular weight is 629 g/mol. The summed E-state index contributed by atoms with van der Waals surface area (Å²) in [5, 5.41) is 18.0. The van der Waals surface area contributed by atoms with Crippen LogP contribution in [0, 0.1) is 5.92 Å². The summed E-state index contributed by atoms with van der Waals surface area (Å²) < 4.78 is 2.72. The van der Waals surface area contributed by atoms with Gasteiger partial charge in [-0.1, -0.05) is 61.5 Å². The molecule has 2 aromatic carbocycles. The number of nitrogens with one attached hydrogen (secondary N) is 3. The summed E-state index contributed by atoms with van der Waals surface area (Å²) in [4.78, 5) is 60.7. The Morgan fingerprint density at radius 1 is 1.00 bits per heavy atom. The first-order valence-electron chi connectivity index (χ1n) is 15.2. The van der Waals surface area contributed by atoms with Crippen LogP contribution in [0.25, 0.3) is 10.2 Å². The molecule has 1 saturated heterocycles. The Kier molecular flexibility index (Phi) is 8.87. The number of hydrogen-bond donors (Lipinski definition) is 3. The summed E-state index contributed by atoms with van der Waals surface area (Å²) >= 11 is 1.56. The zero-order valence-electron chi connectivity index (χ0n) is 25.2. The predicted molar refractivity (Wildman–Crippen MR) is 168 cm³/mol. The smallest absolute Gasteiger partial charge is 0.243 e. The number of fused-ring (bicyclic) bond motifs is 6. The number of para-hydroxylation sites is 1. The van der Waals surface area contributed by atoms with Gasteiger partial charge in [0.05, 0.1) is 34.0 Å². The van der Waals surface area contributed by atoms with Crippen LogP contribution < -0.4 is 16.0 Å². The highest BCUT2D eigenvalue weighted by molar-refractivity contribution is 7.18. The van der Waals surface area contributed by atoms with E-state index in [1.54, 1.807) is 27.1 Å². The van der Waals surface area contributed by atoms with Crippen molar-refractivity contribution in [2.24, 2.45) is 5.92 Å². The molecule has 1 fully saturated rings. The molecule has 4 amide bonds. The molecular formula is C32H36N8O4S. The second-order valence-corrected chi connectivity index (χ2v) is 13.0. The lowest BCUT2D eigenvalue weighted by Crippen LogP contribution is -2.58. The molecule has 13 heteroatoms. The summed E-state index contributed by atoms with van der Waals surface area (Å²) in [6.07, 6.45) is 2.97.